The highest BCUT2D eigenvalue weighted by molar-refractivity contribution is 6.16. The number of aromatic nitrogens is 1. The van der Waals surface area contributed by atoms with Crippen LogP contribution in [0.3, 0.4) is 0 Å². The third-order valence-corrected chi connectivity index (χ3v) is 3.60. The molecule has 2 heterocycles. The molecule has 2 rings (SSSR count). The second-order valence-electron chi connectivity index (χ2n) is 4.23. The van der Waals surface area contributed by atoms with Crippen LogP contribution in [0.4, 0.5) is 0 Å². The topological polar surface area (TPSA) is 35.3 Å². The molecular formula is C11H16ClNO2. The van der Waals surface area contributed by atoms with Gasteiger partial charge in [-0.3, -0.25) is 0 Å². The Morgan fingerprint density at radius 3 is 2.60 bits per heavy atom. The number of oxazole rings is 1. The van der Waals surface area contributed by atoms with E-state index in [1.165, 1.54) is 6.39 Å². The average Bonchev–Trinajstić information content (AvgIpc) is 2.73. The molecule has 4 heteroatoms. The summed E-state index contributed by atoms with van der Waals surface area (Å²) in [6, 6.07) is 0. The third-order valence-electron chi connectivity index (χ3n) is 3.34. The molecule has 0 aromatic carbocycles. The lowest BCUT2D eigenvalue weighted by atomic mass is 9.87. The predicted molar refractivity (Wildman–Crippen MR) is 58.0 cm³/mol. The maximum atomic E-state index is 5.82. The third kappa shape index (κ3) is 1.79. The van der Waals surface area contributed by atoms with Gasteiger partial charge in [-0.05, 0) is 19.8 Å². The number of halogens is 1. The van der Waals surface area contributed by atoms with Crippen LogP contribution in [-0.4, -0.2) is 17.2 Å². The highest BCUT2D eigenvalue weighted by Crippen LogP contribution is 2.41. The first-order valence-electron chi connectivity index (χ1n) is 5.28. The molecule has 3 nitrogen and oxygen atoms in total. The van der Waals surface area contributed by atoms with Crippen LogP contribution < -0.4 is 0 Å². The SMILES string of the molecule is CC1OC(C)C(c2ocnc2CCl)C1C. The fraction of sp³-hybridized carbons (Fsp3) is 0.727. The van der Waals surface area contributed by atoms with Crippen LogP contribution in [0.1, 0.15) is 38.1 Å². The zero-order valence-corrected chi connectivity index (χ0v) is 9.99. The molecule has 0 spiro atoms. The van der Waals surface area contributed by atoms with Crippen LogP contribution >= 0.6 is 11.6 Å². The summed E-state index contributed by atoms with van der Waals surface area (Å²) < 4.78 is 11.2. The summed E-state index contributed by atoms with van der Waals surface area (Å²) in [5, 5.41) is 0. The molecule has 1 fully saturated rings. The first-order chi connectivity index (χ1) is 7.15. The fourth-order valence-corrected chi connectivity index (χ4v) is 2.57. The Kier molecular flexibility index (Phi) is 3.03. The molecule has 4 unspecified atom stereocenters. The minimum absolute atomic E-state index is 0.171. The lowest BCUT2D eigenvalue weighted by Gasteiger charge is -2.16. The molecule has 4 atom stereocenters. The number of hydrogen-bond donors (Lipinski definition) is 0. The number of rotatable bonds is 2. The lowest BCUT2D eigenvalue weighted by Crippen LogP contribution is -2.15. The predicted octanol–water partition coefficient (Wildman–Crippen LogP) is 2.94. The molecule has 1 saturated heterocycles. The number of nitrogens with zero attached hydrogens (tertiary/aromatic N) is 1. The van der Waals surface area contributed by atoms with Crippen molar-refractivity contribution in [3.63, 3.8) is 0 Å². The van der Waals surface area contributed by atoms with Crippen LogP contribution in [0.15, 0.2) is 10.8 Å². The summed E-state index contributed by atoms with van der Waals surface area (Å²) in [5.41, 5.74) is 0.845. The molecule has 0 radical (unpaired) electrons. The van der Waals surface area contributed by atoms with E-state index in [9.17, 15) is 0 Å². The Bertz CT molecular complexity index is 339. The number of hydrogen-bond acceptors (Lipinski definition) is 3. The maximum Gasteiger partial charge on any atom is 0.181 e. The van der Waals surface area contributed by atoms with Gasteiger partial charge < -0.3 is 9.15 Å². The van der Waals surface area contributed by atoms with Gasteiger partial charge in [0.1, 0.15) is 5.76 Å². The van der Waals surface area contributed by atoms with Gasteiger partial charge in [-0.25, -0.2) is 4.98 Å². The smallest absolute Gasteiger partial charge is 0.181 e. The molecule has 1 aliphatic heterocycles. The van der Waals surface area contributed by atoms with Crippen LogP contribution in [0, 0.1) is 5.92 Å². The van der Waals surface area contributed by atoms with E-state index in [0.29, 0.717) is 11.8 Å². The van der Waals surface area contributed by atoms with Gasteiger partial charge in [0, 0.05) is 0 Å². The Hall–Kier alpha value is -0.540. The van der Waals surface area contributed by atoms with Crippen molar-refractivity contribution in [1.82, 2.24) is 4.98 Å². The highest BCUT2D eigenvalue weighted by Gasteiger charge is 2.41. The summed E-state index contributed by atoms with van der Waals surface area (Å²) in [6.45, 7) is 6.35. The Morgan fingerprint density at radius 1 is 1.33 bits per heavy atom. The zero-order valence-electron chi connectivity index (χ0n) is 9.24. The van der Waals surface area contributed by atoms with Crippen molar-refractivity contribution in [1.29, 1.82) is 0 Å². The molecular weight excluding hydrogens is 214 g/mol. The summed E-state index contributed by atoms with van der Waals surface area (Å²) in [5.74, 6) is 2.01. The van der Waals surface area contributed by atoms with Crippen molar-refractivity contribution >= 4 is 11.6 Å². The van der Waals surface area contributed by atoms with Crippen LogP contribution in [0.2, 0.25) is 0 Å². The molecule has 0 bridgehead atoms. The van der Waals surface area contributed by atoms with Gasteiger partial charge in [0.25, 0.3) is 0 Å². The normalized spacial score (nSPS) is 36.0. The van der Waals surface area contributed by atoms with Crippen molar-refractivity contribution in [2.75, 3.05) is 0 Å². The van der Waals surface area contributed by atoms with Gasteiger partial charge in [0.15, 0.2) is 6.39 Å². The molecule has 15 heavy (non-hydrogen) atoms. The van der Waals surface area contributed by atoms with Crippen molar-refractivity contribution in [3.8, 4) is 0 Å². The average molecular weight is 230 g/mol. The second kappa shape index (κ2) is 4.14. The van der Waals surface area contributed by atoms with Crippen molar-refractivity contribution < 1.29 is 9.15 Å². The van der Waals surface area contributed by atoms with Crippen molar-refractivity contribution in [2.45, 2.75) is 44.8 Å². The van der Waals surface area contributed by atoms with Crippen molar-refractivity contribution in [3.05, 3.63) is 17.8 Å². The largest absolute Gasteiger partial charge is 0.448 e. The van der Waals surface area contributed by atoms with Gasteiger partial charge in [0.2, 0.25) is 0 Å². The molecule has 1 aliphatic rings. The van der Waals surface area contributed by atoms with Crippen molar-refractivity contribution in [2.24, 2.45) is 5.92 Å². The van der Waals surface area contributed by atoms with Gasteiger partial charge in [-0.1, -0.05) is 6.92 Å². The second-order valence-corrected chi connectivity index (χ2v) is 4.50. The van der Waals surface area contributed by atoms with Gasteiger partial charge in [-0.2, -0.15) is 0 Å². The molecule has 1 aromatic rings. The summed E-state index contributed by atoms with van der Waals surface area (Å²) in [4.78, 5) is 4.12. The summed E-state index contributed by atoms with van der Waals surface area (Å²) in [6.07, 6.45) is 1.90. The van der Waals surface area contributed by atoms with E-state index in [1.807, 2.05) is 0 Å². The van der Waals surface area contributed by atoms with E-state index < -0.39 is 0 Å². The van der Waals surface area contributed by atoms with Crippen LogP contribution in [-0.2, 0) is 10.6 Å². The van der Waals surface area contributed by atoms with E-state index >= 15 is 0 Å². The van der Waals surface area contributed by atoms with E-state index in [1.54, 1.807) is 0 Å². The van der Waals surface area contributed by atoms with Crippen LogP contribution in [0.5, 0.6) is 0 Å². The quantitative estimate of drug-likeness (QED) is 0.732. The Balaban J connectivity index is 2.30. The van der Waals surface area contributed by atoms with Crippen LogP contribution in [0.25, 0.3) is 0 Å². The monoisotopic (exact) mass is 229 g/mol. The first kappa shape index (κ1) is 11.0. The molecule has 0 aliphatic carbocycles. The van der Waals surface area contributed by atoms with Gasteiger partial charge >= 0.3 is 0 Å². The molecule has 0 N–H and O–H groups in total. The van der Waals surface area contributed by atoms with E-state index in [4.69, 9.17) is 20.8 Å². The molecule has 0 saturated carbocycles. The summed E-state index contributed by atoms with van der Waals surface area (Å²) in [7, 11) is 0. The van der Waals surface area contributed by atoms with Gasteiger partial charge in [-0.15, -0.1) is 11.6 Å². The standard InChI is InChI=1S/C11H16ClNO2/c1-6-7(2)15-8(3)10(6)11-9(4-12)13-5-14-11/h5-8,10H,4H2,1-3H3. The van der Waals surface area contributed by atoms with E-state index in [-0.39, 0.29) is 18.1 Å². The molecule has 0 amide bonds. The lowest BCUT2D eigenvalue weighted by molar-refractivity contribution is 0.0547. The van der Waals surface area contributed by atoms with E-state index in [2.05, 4.69) is 25.8 Å². The molecule has 1 aromatic heterocycles. The molecule has 84 valence electrons. The highest BCUT2D eigenvalue weighted by atomic mass is 35.5. The van der Waals surface area contributed by atoms with Gasteiger partial charge in [0.05, 0.1) is 29.7 Å². The minimum atomic E-state index is 0.171. The Morgan fingerprint density at radius 2 is 2.07 bits per heavy atom. The number of ether oxygens (including phenoxy) is 1. The maximum absolute atomic E-state index is 5.82. The fourth-order valence-electron chi connectivity index (χ4n) is 2.37. The Labute approximate surface area is 94.8 Å². The number of alkyl halides is 1. The zero-order chi connectivity index (χ0) is 11.0. The summed E-state index contributed by atoms with van der Waals surface area (Å²) >= 11 is 5.82. The minimum Gasteiger partial charge on any atom is -0.448 e. The first-order valence-corrected chi connectivity index (χ1v) is 5.82. The van der Waals surface area contributed by atoms with E-state index in [0.717, 1.165) is 11.5 Å².